The van der Waals surface area contributed by atoms with Crippen molar-refractivity contribution in [3.05, 3.63) is 34.6 Å². The molecule has 0 unspecified atom stereocenters. The maximum absolute atomic E-state index is 13.3. The van der Waals surface area contributed by atoms with Crippen molar-refractivity contribution in [3.8, 4) is 0 Å². The van der Waals surface area contributed by atoms with Gasteiger partial charge in [-0.25, -0.2) is 4.39 Å². The van der Waals surface area contributed by atoms with E-state index in [0.29, 0.717) is 17.2 Å². The number of halogens is 2. The molecule has 16 heavy (non-hydrogen) atoms. The monoisotopic (exact) mass is 244 g/mol. The van der Waals surface area contributed by atoms with Gasteiger partial charge in [-0.1, -0.05) is 18.5 Å². The molecule has 4 heteroatoms. The molecule has 2 nitrogen and oxygen atoms in total. The lowest BCUT2D eigenvalue weighted by molar-refractivity contribution is -0.122. The summed E-state index contributed by atoms with van der Waals surface area (Å²) in [6.45, 7) is 2.53. The molecule has 0 fully saturated rings. The maximum Gasteiger partial charge on any atom is 0.162 e. The quantitative estimate of drug-likeness (QED) is 0.719. The van der Waals surface area contributed by atoms with Gasteiger partial charge in [-0.15, -0.1) is 0 Å². The second kappa shape index (κ2) is 6.61. The van der Waals surface area contributed by atoms with Crippen LogP contribution >= 0.6 is 11.6 Å². The van der Waals surface area contributed by atoms with E-state index in [1.54, 1.807) is 0 Å². The van der Waals surface area contributed by atoms with E-state index < -0.39 is 5.82 Å². The lowest BCUT2D eigenvalue weighted by Gasteiger charge is -2.04. The van der Waals surface area contributed by atoms with Crippen LogP contribution in [0.1, 0.15) is 18.9 Å². The highest BCUT2D eigenvalue weighted by Crippen LogP contribution is 2.15. The Hall–Kier alpha value is -0.930. The largest absolute Gasteiger partial charge is 0.374 e. The summed E-state index contributed by atoms with van der Waals surface area (Å²) in [7, 11) is 0. The Morgan fingerprint density at radius 2 is 2.25 bits per heavy atom. The number of carbonyl (C=O) groups excluding carboxylic acids is 1. The molecule has 0 aliphatic carbocycles. The number of ketones is 1. The molecule has 0 spiro atoms. The first-order valence-electron chi connectivity index (χ1n) is 5.17. The molecule has 0 saturated heterocycles. The molecule has 0 aliphatic heterocycles. The molecule has 1 rings (SSSR count). The molecule has 0 aromatic heterocycles. The van der Waals surface area contributed by atoms with Crippen molar-refractivity contribution in [2.45, 2.75) is 19.8 Å². The molecule has 0 amide bonds. The molecule has 0 radical (unpaired) electrons. The highest BCUT2D eigenvalue weighted by atomic mass is 35.5. The van der Waals surface area contributed by atoms with Crippen molar-refractivity contribution in [1.29, 1.82) is 0 Å². The molecule has 0 saturated carbocycles. The van der Waals surface area contributed by atoms with Gasteiger partial charge in [-0.2, -0.15) is 0 Å². The number of ether oxygens (including phenoxy) is 1. The van der Waals surface area contributed by atoms with Gasteiger partial charge < -0.3 is 4.74 Å². The van der Waals surface area contributed by atoms with Crippen LogP contribution in [0, 0.1) is 5.82 Å². The van der Waals surface area contributed by atoms with Crippen molar-refractivity contribution in [3.63, 3.8) is 0 Å². The standard InChI is InChI=1S/C12H14ClFO2/c1-2-5-16-8-11(15)7-9-6-10(13)3-4-12(9)14/h3-4,6H,2,5,7-8H2,1H3. The predicted octanol–water partition coefficient (Wildman–Crippen LogP) is 3.02. The number of benzene rings is 1. The second-order valence-electron chi connectivity index (χ2n) is 3.50. The Morgan fingerprint density at radius 3 is 2.94 bits per heavy atom. The lowest BCUT2D eigenvalue weighted by Crippen LogP contribution is -2.12. The summed E-state index contributed by atoms with van der Waals surface area (Å²) in [5.41, 5.74) is 0.317. The molecule has 0 atom stereocenters. The van der Waals surface area contributed by atoms with Gasteiger partial charge in [0.1, 0.15) is 12.4 Å². The topological polar surface area (TPSA) is 26.3 Å². The minimum absolute atomic E-state index is 0.0239. The van der Waals surface area contributed by atoms with Crippen LogP contribution in [0.5, 0.6) is 0 Å². The number of Topliss-reactive ketones (excluding diaryl/α,β-unsaturated/α-hetero) is 1. The smallest absolute Gasteiger partial charge is 0.162 e. The Labute approximate surface area is 99.4 Å². The highest BCUT2D eigenvalue weighted by molar-refractivity contribution is 6.30. The van der Waals surface area contributed by atoms with E-state index in [0.717, 1.165) is 6.42 Å². The van der Waals surface area contributed by atoms with Crippen LogP contribution in [0.4, 0.5) is 4.39 Å². The van der Waals surface area contributed by atoms with Gasteiger partial charge in [0.25, 0.3) is 0 Å². The third-order valence-electron chi connectivity index (χ3n) is 2.01. The van der Waals surface area contributed by atoms with Gasteiger partial charge in [0, 0.05) is 18.1 Å². The van der Waals surface area contributed by atoms with E-state index >= 15 is 0 Å². The molecule has 0 bridgehead atoms. The molecular weight excluding hydrogens is 231 g/mol. The lowest BCUT2D eigenvalue weighted by atomic mass is 10.1. The van der Waals surface area contributed by atoms with Crippen molar-refractivity contribution in [2.24, 2.45) is 0 Å². The normalized spacial score (nSPS) is 10.4. The van der Waals surface area contributed by atoms with Crippen LogP contribution in [-0.2, 0) is 16.0 Å². The first kappa shape index (κ1) is 13.1. The van der Waals surface area contributed by atoms with E-state index in [1.807, 2.05) is 6.92 Å². The summed E-state index contributed by atoms with van der Waals surface area (Å²) >= 11 is 5.72. The number of hydrogen-bond donors (Lipinski definition) is 0. The van der Waals surface area contributed by atoms with Gasteiger partial charge in [-0.3, -0.25) is 4.79 Å². The van der Waals surface area contributed by atoms with Crippen molar-refractivity contribution in [2.75, 3.05) is 13.2 Å². The molecule has 0 N–H and O–H groups in total. The zero-order valence-electron chi connectivity index (χ0n) is 9.13. The van der Waals surface area contributed by atoms with Gasteiger partial charge in [0.05, 0.1) is 0 Å². The van der Waals surface area contributed by atoms with E-state index in [2.05, 4.69) is 0 Å². The van der Waals surface area contributed by atoms with Crippen LogP contribution in [-0.4, -0.2) is 19.0 Å². The molecule has 88 valence electrons. The number of rotatable bonds is 6. The van der Waals surface area contributed by atoms with Crippen LogP contribution in [0.15, 0.2) is 18.2 Å². The van der Waals surface area contributed by atoms with Crippen molar-refractivity contribution < 1.29 is 13.9 Å². The minimum Gasteiger partial charge on any atom is -0.374 e. The average molecular weight is 245 g/mol. The Balaban J connectivity index is 2.52. The van der Waals surface area contributed by atoms with Crippen LogP contribution in [0.3, 0.4) is 0 Å². The van der Waals surface area contributed by atoms with Gasteiger partial charge in [0.15, 0.2) is 5.78 Å². The fraction of sp³-hybridized carbons (Fsp3) is 0.417. The summed E-state index contributed by atoms with van der Waals surface area (Å²) < 4.78 is 18.3. The van der Waals surface area contributed by atoms with Gasteiger partial charge in [0.2, 0.25) is 0 Å². The van der Waals surface area contributed by atoms with Crippen LogP contribution in [0.2, 0.25) is 5.02 Å². The SMILES string of the molecule is CCCOCC(=O)Cc1cc(Cl)ccc1F. The summed E-state index contributed by atoms with van der Waals surface area (Å²) in [6.07, 6.45) is 0.884. The minimum atomic E-state index is -0.409. The third kappa shape index (κ3) is 4.29. The molecule has 0 heterocycles. The first-order valence-corrected chi connectivity index (χ1v) is 5.54. The van der Waals surface area contributed by atoms with E-state index in [1.165, 1.54) is 18.2 Å². The first-order chi connectivity index (χ1) is 7.63. The summed E-state index contributed by atoms with van der Waals surface area (Å²) in [5.74, 6) is -0.553. The van der Waals surface area contributed by atoms with Gasteiger partial charge >= 0.3 is 0 Å². The third-order valence-corrected chi connectivity index (χ3v) is 2.24. The van der Waals surface area contributed by atoms with Crippen LogP contribution < -0.4 is 0 Å². The average Bonchev–Trinajstić information content (AvgIpc) is 2.24. The molecule has 0 aliphatic rings. The van der Waals surface area contributed by atoms with Crippen molar-refractivity contribution in [1.82, 2.24) is 0 Å². The zero-order chi connectivity index (χ0) is 12.0. The number of hydrogen-bond acceptors (Lipinski definition) is 2. The molecule has 1 aromatic rings. The summed E-state index contributed by atoms with van der Waals surface area (Å²) in [5, 5.41) is 0.429. The van der Waals surface area contributed by atoms with E-state index in [9.17, 15) is 9.18 Å². The predicted molar refractivity (Wildman–Crippen MR) is 61.2 cm³/mol. The second-order valence-corrected chi connectivity index (χ2v) is 3.94. The maximum atomic E-state index is 13.3. The Bertz CT molecular complexity index is 366. The number of carbonyl (C=O) groups is 1. The fourth-order valence-electron chi connectivity index (χ4n) is 1.27. The van der Waals surface area contributed by atoms with Crippen LogP contribution in [0.25, 0.3) is 0 Å². The van der Waals surface area contributed by atoms with E-state index in [-0.39, 0.29) is 18.8 Å². The van der Waals surface area contributed by atoms with Crippen molar-refractivity contribution >= 4 is 17.4 Å². The summed E-state index contributed by atoms with van der Waals surface area (Å²) in [6, 6.07) is 4.19. The highest BCUT2D eigenvalue weighted by Gasteiger charge is 2.08. The molecule has 1 aromatic carbocycles. The Morgan fingerprint density at radius 1 is 1.50 bits per heavy atom. The zero-order valence-corrected chi connectivity index (χ0v) is 9.89. The van der Waals surface area contributed by atoms with E-state index in [4.69, 9.17) is 16.3 Å². The van der Waals surface area contributed by atoms with Gasteiger partial charge in [-0.05, 0) is 30.2 Å². The Kier molecular flexibility index (Phi) is 5.43. The molecular formula is C12H14ClFO2. The summed E-state index contributed by atoms with van der Waals surface area (Å²) in [4.78, 5) is 11.4. The fourth-order valence-corrected chi connectivity index (χ4v) is 1.47.